The van der Waals surface area contributed by atoms with Crippen LogP contribution in [0.4, 0.5) is 0 Å². The maximum absolute atomic E-state index is 5.71. The first-order valence-electron chi connectivity index (χ1n) is 6.02. The molecule has 2 heterocycles. The van der Waals surface area contributed by atoms with E-state index < -0.39 is 0 Å². The third kappa shape index (κ3) is 3.28. The highest BCUT2D eigenvalue weighted by Gasteiger charge is 2.14. The Labute approximate surface area is 95.6 Å². The summed E-state index contributed by atoms with van der Waals surface area (Å²) >= 11 is 0. The normalized spacial score (nSPS) is 21.2. The van der Waals surface area contributed by atoms with Crippen LogP contribution in [0, 0.1) is 0 Å². The van der Waals surface area contributed by atoms with Crippen LogP contribution in [-0.2, 0) is 17.8 Å². The Morgan fingerprint density at radius 1 is 1.56 bits per heavy atom. The molecule has 0 aliphatic carbocycles. The number of ether oxygens (including phenoxy) is 1. The quantitative estimate of drug-likeness (QED) is 0.818. The van der Waals surface area contributed by atoms with Crippen LogP contribution in [0.1, 0.15) is 37.9 Å². The molecule has 1 aliphatic rings. The van der Waals surface area contributed by atoms with Crippen LogP contribution < -0.4 is 5.32 Å². The highest BCUT2D eigenvalue weighted by Crippen LogP contribution is 2.09. The Morgan fingerprint density at radius 2 is 2.50 bits per heavy atom. The molecule has 1 N–H and O–H groups in total. The lowest BCUT2D eigenvalue weighted by atomic mass is 10.1. The zero-order chi connectivity index (χ0) is 11.2. The van der Waals surface area contributed by atoms with Gasteiger partial charge in [-0.2, -0.15) is 4.98 Å². The van der Waals surface area contributed by atoms with E-state index in [4.69, 9.17) is 9.26 Å². The van der Waals surface area contributed by atoms with Crippen molar-refractivity contribution < 1.29 is 9.26 Å². The summed E-state index contributed by atoms with van der Waals surface area (Å²) in [5, 5.41) is 7.20. The second kappa shape index (κ2) is 5.96. The standard InChI is InChI=1S/C11H19N3O2/c1-2-4-11-13-10(14-16-11)8-15-9-5-3-6-12-7-9/h9,12H,2-8H2,1H3/t9-/m0/s1. The van der Waals surface area contributed by atoms with Gasteiger partial charge < -0.3 is 14.6 Å². The molecule has 1 aliphatic heterocycles. The maximum Gasteiger partial charge on any atom is 0.226 e. The first kappa shape index (κ1) is 11.5. The predicted molar refractivity (Wildman–Crippen MR) is 59.0 cm³/mol. The number of aryl methyl sites for hydroxylation is 1. The molecule has 0 spiro atoms. The number of hydrogen-bond acceptors (Lipinski definition) is 5. The molecule has 1 saturated heterocycles. The van der Waals surface area contributed by atoms with Gasteiger partial charge in [0.1, 0.15) is 6.61 Å². The molecule has 1 atom stereocenters. The fraction of sp³-hybridized carbons (Fsp3) is 0.818. The van der Waals surface area contributed by atoms with Crippen molar-refractivity contribution in [3.05, 3.63) is 11.7 Å². The van der Waals surface area contributed by atoms with E-state index in [1.807, 2.05) is 0 Å². The fourth-order valence-electron chi connectivity index (χ4n) is 1.82. The van der Waals surface area contributed by atoms with Gasteiger partial charge in [-0.15, -0.1) is 0 Å². The van der Waals surface area contributed by atoms with Crippen molar-refractivity contribution >= 4 is 0 Å². The summed E-state index contributed by atoms with van der Waals surface area (Å²) in [4.78, 5) is 4.26. The van der Waals surface area contributed by atoms with Crippen molar-refractivity contribution in [2.45, 2.75) is 45.3 Å². The van der Waals surface area contributed by atoms with Gasteiger partial charge in [-0.25, -0.2) is 0 Å². The molecule has 5 heteroatoms. The monoisotopic (exact) mass is 225 g/mol. The summed E-state index contributed by atoms with van der Waals surface area (Å²) in [6.45, 7) is 4.58. The Balaban J connectivity index is 1.75. The molecule has 0 radical (unpaired) electrons. The molecule has 0 saturated carbocycles. The number of nitrogens with one attached hydrogen (secondary N) is 1. The zero-order valence-corrected chi connectivity index (χ0v) is 9.74. The minimum atomic E-state index is 0.293. The Hall–Kier alpha value is -0.940. The third-order valence-electron chi connectivity index (χ3n) is 2.67. The summed E-state index contributed by atoms with van der Waals surface area (Å²) < 4.78 is 10.8. The van der Waals surface area contributed by atoms with E-state index in [9.17, 15) is 0 Å². The molecule has 2 rings (SSSR count). The number of aromatic nitrogens is 2. The van der Waals surface area contributed by atoms with Crippen LogP contribution in [0.15, 0.2) is 4.52 Å². The minimum absolute atomic E-state index is 0.293. The van der Waals surface area contributed by atoms with E-state index in [1.165, 1.54) is 6.42 Å². The molecule has 0 unspecified atom stereocenters. The SMILES string of the molecule is CCCc1nc(CO[C@H]2CCCNC2)no1. The van der Waals surface area contributed by atoms with Gasteiger partial charge in [0.2, 0.25) is 5.89 Å². The van der Waals surface area contributed by atoms with Crippen molar-refractivity contribution in [1.29, 1.82) is 0 Å². The summed E-state index contributed by atoms with van der Waals surface area (Å²) in [6, 6.07) is 0. The molecule has 0 aromatic carbocycles. The highest BCUT2D eigenvalue weighted by atomic mass is 16.5. The topological polar surface area (TPSA) is 60.2 Å². The van der Waals surface area contributed by atoms with E-state index in [0.29, 0.717) is 24.4 Å². The molecule has 0 bridgehead atoms. The van der Waals surface area contributed by atoms with Crippen molar-refractivity contribution in [3.63, 3.8) is 0 Å². The largest absolute Gasteiger partial charge is 0.369 e. The molecule has 1 fully saturated rings. The van der Waals surface area contributed by atoms with Gasteiger partial charge in [0, 0.05) is 13.0 Å². The number of hydrogen-bond donors (Lipinski definition) is 1. The van der Waals surface area contributed by atoms with Crippen LogP contribution in [0.25, 0.3) is 0 Å². The molecular weight excluding hydrogens is 206 g/mol. The zero-order valence-electron chi connectivity index (χ0n) is 9.74. The Morgan fingerprint density at radius 3 is 3.25 bits per heavy atom. The van der Waals surface area contributed by atoms with Crippen molar-refractivity contribution in [2.75, 3.05) is 13.1 Å². The summed E-state index contributed by atoms with van der Waals surface area (Å²) in [5.41, 5.74) is 0. The van der Waals surface area contributed by atoms with Crippen LogP contribution >= 0.6 is 0 Å². The molecule has 90 valence electrons. The third-order valence-corrected chi connectivity index (χ3v) is 2.67. The van der Waals surface area contributed by atoms with E-state index in [0.717, 1.165) is 32.4 Å². The molecule has 1 aromatic heterocycles. The van der Waals surface area contributed by atoms with Crippen LogP contribution in [0.5, 0.6) is 0 Å². The van der Waals surface area contributed by atoms with Crippen LogP contribution in [0.2, 0.25) is 0 Å². The lowest BCUT2D eigenvalue weighted by molar-refractivity contribution is 0.0210. The van der Waals surface area contributed by atoms with E-state index in [-0.39, 0.29) is 0 Å². The smallest absolute Gasteiger partial charge is 0.226 e. The maximum atomic E-state index is 5.71. The molecular formula is C11H19N3O2. The average Bonchev–Trinajstić information content (AvgIpc) is 2.76. The lowest BCUT2D eigenvalue weighted by Crippen LogP contribution is -2.35. The molecule has 16 heavy (non-hydrogen) atoms. The Kier molecular flexibility index (Phi) is 4.30. The Bertz CT molecular complexity index is 308. The second-order valence-corrected chi connectivity index (χ2v) is 4.13. The lowest BCUT2D eigenvalue weighted by Gasteiger charge is -2.22. The summed E-state index contributed by atoms with van der Waals surface area (Å²) in [6.07, 6.45) is 4.46. The second-order valence-electron chi connectivity index (χ2n) is 4.13. The van der Waals surface area contributed by atoms with E-state index >= 15 is 0 Å². The van der Waals surface area contributed by atoms with Crippen molar-refractivity contribution in [2.24, 2.45) is 0 Å². The molecule has 0 amide bonds. The highest BCUT2D eigenvalue weighted by molar-refractivity contribution is 4.84. The van der Waals surface area contributed by atoms with Gasteiger partial charge in [0.15, 0.2) is 5.82 Å². The molecule has 5 nitrogen and oxygen atoms in total. The summed E-state index contributed by atoms with van der Waals surface area (Å²) in [5.74, 6) is 1.37. The van der Waals surface area contributed by atoms with Crippen molar-refractivity contribution in [1.82, 2.24) is 15.5 Å². The average molecular weight is 225 g/mol. The van der Waals surface area contributed by atoms with Crippen LogP contribution in [0.3, 0.4) is 0 Å². The fourth-order valence-corrected chi connectivity index (χ4v) is 1.82. The van der Waals surface area contributed by atoms with Crippen LogP contribution in [-0.4, -0.2) is 29.3 Å². The summed E-state index contributed by atoms with van der Waals surface area (Å²) in [7, 11) is 0. The molecule has 1 aromatic rings. The van der Waals surface area contributed by atoms with Crippen molar-refractivity contribution in [3.8, 4) is 0 Å². The van der Waals surface area contributed by atoms with Gasteiger partial charge in [-0.05, 0) is 25.8 Å². The van der Waals surface area contributed by atoms with Gasteiger partial charge >= 0.3 is 0 Å². The van der Waals surface area contributed by atoms with Gasteiger partial charge in [-0.3, -0.25) is 0 Å². The van der Waals surface area contributed by atoms with Gasteiger partial charge in [0.25, 0.3) is 0 Å². The first-order chi connectivity index (χ1) is 7.88. The number of piperidine rings is 1. The number of rotatable bonds is 5. The van der Waals surface area contributed by atoms with Gasteiger partial charge in [-0.1, -0.05) is 12.1 Å². The van der Waals surface area contributed by atoms with E-state index in [1.54, 1.807) is 0 Å². The first-order valence-corrected chi connectivity index (χ1v) is 6.02. The number of nitrogens with zero attached hydrogens (tertiary/aromatic N) is 2. The van der Waals surface area contributed by atoms with E-state index in [2.05, 4.69) is 22.4 Å². The minimum Gasteiger partial charge on any atom is -0.369 e. The predicted octanol–water partition coefficient (Wildman–Crippen LogP) is 1.29. The van der Waals surface area contributed by atoms with Gasteiger partial charge in [0.05, 0.1) is 6.10 Å².